The van der Waals surface area contributed by atoms with E-state index in [1.807, 2.05) is 0 Å². The first-order valence-corrected chi connectivity index (χ1v) is 7.66. The van der Waals surface area contributed by atoms with Crippen LogP contribution in [0.2, 0.25) is 0 Å². The molecule has 2 heterocycles. The van der Waals surface area contributed by atoms with Crippen LogP contribution in [0.15, 0.2) is 4.34 Å². The zero-order valence-corrected chi connectivity index (χ0v) is 12.2. The molecule has 0 amide bonds. The van der Waals surface area contributed by atoms with Gasteiger partial charge in [0.25, 0.3) is 0 Å². The fraction of sp³-hybridized carbons (Fsp3) is 0.700. The Hall–Kier alpha value is -0.900. The molecule has 1 atom stereocenters. The molecule has 1 aromatic heterocycles. The van der Waals surface area contributed by atoms with E-state index >= 15 is 0 Å². The van der Waals surface area contributed by atoms with Crippen LogP contribution >= 0.6 is 23.1 Å². The largest absolute Gasteiger partial charge is 0.481 e. The Bertz CT molecular complexity index is 429. The van der Waals surface area contributed by atoms with Crippen LogP contribution in [0, 0.1) is 0 Å². The van der Waals surface area contributed by atoms with Gasteiger partial charge in [0.2, 0.25) is 5.13 Å². The van der Waals surface area contributed by atoms with E-state index in [1.165, 1.54) is 23.1 Å². The molecule has 0 aromatic carbocycles. The van der Waals surface area contributed by atoms with Gasteiger partial charge in [-0.15, -0.1) is 10.2 Å². The number of carboxylic acid groups (broad SMARTS) is 1. The van der Waals surface area contributed by atoms with Gasteiger partial charge in [-0.3, -0.25) is 4.79 Å². The van der Waals surface area contributed by atoms with Crippen molar-refractivity contribution in [2.45, 2.75) is 10.4 Å². The van der Waals surface area contributed by atoms with Gasteiger partial charge in [-0.25, -0.2) is 0 Å². The molecule has 1 fully saturated rings. The molecular formula is C10H16N4O3S2. The van der Waals surface area contributed by atoms with Gasteiger partial charge in [0.1, 0.15) is 0 Å². The van der Waals surface area contributed by atoms with Crippen LogP contribution in [0.4, 0.5) is 5.13 Å². The zero-order chi connectivity index (χ0) is 13.7. The van der Waals surface area contributed by atoms with Crippen molar-refractivity contribution in [2.24, 2.45) is 0 Å². The molecule has 0 radical (unpaired) electrons. The summed E-state index contributed by atoms with van der Waals surface area (Å²) < 4.78 is 6.28. The monoisotopic (exact) mass is 304 g/mol. The average Bonchev–Trinajstić information content (AvgIpc) is 2.82. The standard InChI is InChI=1S/C10H16N4O3S2/c1-14-2-3-17-7(5-14)4-11-9-12-13-10(19-9)18-6-8(15)16/h7H,2-6H2,1H3,(H,11,12)(H,15,16). The number of nitrogens with one attached hydrogen (secondary N) is 1. The van der Waals surface area contributed by atoms with Gasteiger partial charge >= 0.3 is 5.97 Å². The van der Waals surface area contributed by atoms with Gasteiger partial charge in [0.05, 0.1) is 18.5 Å². The van der Waals surface area contributed by atoms with Crippen LogP contribution in [0.3, 0.4) is 0 Å². The van der Waals surface area contributed by atoms with E-state index in [9.17, 15) is 4.79 Å². The summed E-state index contributed by atoms with van der Waals surface area (Å²) in [5.41, 5.74) is 0. The van der Waals surface area contributed by atoms with E-state index in [0.29, 0.717) is 16.0 Å². The predicted molar refractivity (Wildman–Crippen MR) is 74.0 cm³/mol. The van der Waals surface area contributed by atoms with Gasteiger partial charge < -0.3 is 20.1 Å². The SMILES string of the molecule is CN1CCOC(CNc2nnc(SCC(=O)O)s2)C1. The molecule has 0 aliphatic carbocycles. The van der Waals surface area contributed by atoms with Gasteiger partial charge in [-0.2, -0.15) is 0 Å². The van der Waals surface area contributed by atoms with Crippen molar-refractivity contribution in [3.63, 3.8) is 0 Å². The third-order valence-electron chi connectivity index (χ3n) is 2.55. The Balaban J connectivity index is 1.75. The molecule has 9 heteroatoms. The van der Waals surface area contributed by atoms with Crippen molar-refractivity contribution in [2.75, 3.05) is 44.4 Å². The maximum absolute atomic E-state index is 10.4. The van der Waals surface area contributed by atoms with Gasteiger partial charge in [-0.05, 0) is 7.05 Å². The third kappa shape index (κ3) is 4.94. The summed E-state index contributed by atoms with van der Waals surface area (Å²) in [5.74, 6) is -0.848. The number of carboxylic acids is 1. The first-order valence-electron chi connectivity index (χ1n) is 5.85. The molecule has 1 aliphatic rings. The third-order valence-corrected chi connectivity index (χ3v) is 4.55. The number of ether oxygens (including phenoxy) is 1. The van der Waals surface area contributed by atoms with Gasteiger partial charge in [0.15, 0.2) is 4.34 Å². The zero-order valence-electron chi connectivity index (χ0n) is 10.5. The van der Waals surface area contributed by atoms with Crippen molar-refractivity contribution < 1.29 is 14.6 Å². The second kappa shape index (κ2) is 7.04. The molecular weight excluding hydrogens is 288 g/mol. The number of hydrogen-bond donors (Lipinski definition) is 2. The first-order chi connectivity index (χ1) is 9.13. The predicted octanol–water partition coefficient (Wildman–Crippen LogP) is 0.457. The number of aromatic nitrogens is 2. The second-order valence-corrected chi connectivity index (χ2v) is 6.39. The first kappa shape index (κ1) is 14.5. The molecule has 1 saturated heterocycles. The number of morpholine rings is 1. The fourth-order valence-electron chi connectivity index (χ4n) is 1.65. The van der Waals surface area contributed by atoms with Gasteiger partial charge in [-0.1, -0.05) is 23.1 Å². The Kier molecular flexibility index (Phi) is 5.37. The van der Waals surface area contributed by atoms with Crippen molar-refractivity contribution in [1.29, 1.82) is 0 Å². The quantitative estimate of drug-likeness (QED) is 0.733. The number of carbonyl (C=O) groups is 1. The Morgan fingerprint density at radius 1 is 1.68 bits per heavy atom. The van der Waals surface area contributed by atoms with Crippen molar-refractivity contribution in [3.8, 4) is 0 Å². The number of nitrogens with zero attached hydrogens (tertiary/aromatic N) is 3. The summed E-state index contributed by atoms with van der Waals surface area (Å²) in [4.78, 5) is 12.7. The van der Waals surface area contributed by atoms with Crippen LogP contribution in [-0.4, -0.2) is 71.3 Å². The minimum Gasteiger partial charge on any atom is -0.481 e. The normalized spacial score (nSPS) is 20.4. The number of anilines is 1. The molecule has 0 saturated carbocycles. The van der Waals surface area contributed by atoms with Crippen LogP contribution < -0.4 is 5.32 Å². The minimum atomic E-state index is -0.853. The summed E-state index contributed by atoms with van der Waals surface area (Å²) in [6, 6.07) is 0. The maximum atomic E-state index is 10.4. The fourth-order valence-corrected chi connectivity index (χ4v) is 3.13. The number of hydrogen-bond acceptors (Lipinski definition) is 8. The lowest BCUT2D eigenvalue weighted by atomic mass is 10.3. The molecule has 19 heavy (non-hydrogen) atoms. The maximum Gasteiger partial charge on any atom is 0.313 e. The number of thioether (sulfide) groups is 1. The van der Waals surface area contributed by atoms with Crippen molar-refractivity contribution in [1.82, 2.24) is 15.1 Å². The Morgan fingerprint density at radius 2 is 2.53 bits per heavy atom. The highest BCUT2D eigenvalue weighted by Gasteiger charge is 2.18. The van der Waals surface area contributed by atoms with Gasteiger partial charge in [0, 0.05) is 19.6 Å². The molecule has 1 aromatic rings. The van der Waals surface area contributed by atoms with Crippen LogP contribution in [0.5, 0.6) is 0 Å². The highest BCUT2D eigenvalue weighted by molar-refractivity contribution is 8.01. The summed E-state index contributed by atoms with van der Waals surface area (Å²) in [7, 11) is 2.07. The summed E-state index contributed by atoms with van der Waals surface area (Å²) in [6.45, 7) is 3.29. The lowest BCUT2D eigenvalue weighted by Gasteiger charge is -2.29. The number of likely N-dealkylation sites (N-methyl/N-ethyl adjacent to an activating group) is 1. The second-order valence-electron chi connectivity index (χ2n) is 4.19. The van der Waals surface area contributed by atoms with E-state index in [-0.39, 0.29) is 11.9 Å². The van der Waals surface area contributed by atoms with Crippen LogP contribution in [-0.2, 0) is 9.53 Å². The molecule has 2 rings (SSSR count). The molecule has 0 bridgehead atoms. The lowest BCUT2D eigenvalue weighted by Crippen LogP contribution is -2.43. The van der Waals surface area contributed by atoms with E-state index in [0.717, 1.165) is 19.7 Å². The summed E-state index contributed by atoms with van der Waals surface area (Å²) >= 11 is 2.54. The highest BCUT2D eigenvalue weighted by Crippen LogP contribution is 2.25. The molecule has 1 aliphatic heterocycles. The van der Waals surface area contributed by atoms with E-state index in [2.05, 4.69) is 27.5 Å². The summed E-state index contributed by atoms with van der Waals surface area (Å²) in [5, 5.41) is 20.3. The van der Waals surface area contributed by atoms with E-state index in [4.69, 9.17) is 9.84 Å². The Morgan fingerprint density at radius 3 is 3.26 bits per heavy atom. The molecule has 7 nitrogen and oxygen atoms in total. The topological polar surface area (TPSA) is 87.6 Å². The molecule has 106 valence electrons. The smallest absolute Gasteiger partial charge is 0.313 e. The number of rotatable bonds is 6. The molecule has 2 N–H and O–H groups in total. The highest BCUT2D eigenvalue weighted by atomic mass is 32.2. The van der Waals surface area contributed by atoms with E-state index < -0.39 is 5.97 Å². The molecule has 1 unspecified atom stereocenters. The van der Waals surface area contributed by atoms with E-state index in [1.54, 1.807) is 0 Å². The number of aliphatic carboxylic acids is 1. The van der Waals surface area contributed by atoms with Crippen molar-refractivity contribution in [3.05, 3.63) is 0 Å². The summed E-state index contributed by atoms with van der Waals surface area (Å²) in [6.07, 6.45) is 0.151. The Labute approximate surface area is 119 Å². The minimum absolute atomic E-state index is 0.00512. The van der Waals surface area contributed by atoms with Crippen LogP contribution in [0.1, 0.15) is 0 Å². The van der Waals surface area contributed by atoms with Crippen molar-refractivity contribution >= 4 is 34.2 Å². The lowest BCUT2D eigenvalue weighted by molar-refractivity contribution is -0.133. The molecule has 0 spiro atoms. The average molecular weight is 304 g/mol. The van der Waals surface area contributed by atoms with Crippen LogP contribution in [0.25, 0.3) is 0 Å².